The van der Waals surface area contributed by atoms with Gasteiger partial charge in [0.25, 0.3) is 0 Å². The molecule has 6 nitrogen and oxygen atoms in total. The second-order valence-electron chi connectivity index (χ2n) is 8.15. The van der Waals surface area contributed by atoms with E-state index in [0.717, 1.165) is 35.4 Å². The van der Waals surface area contributed by atoms with Gasteiger partial charge in [-0.3, -0.25) is 9.59 Å². The standard InChI is InChI=1S/C23H23F3N4O2/c1-13(22(32)27-12-14-6-8-16(9-7-14)23(24,25)26)28-20(31)11-15-10-17(15)21-29-18-4-2-3-5-19(18)30-21/h2-9,13,15,17H,10-12H2,1H3,(H,27,32)(H,28,31)(H,29,30)/t13-,15-,17-/m0/s1. The maximum absolute atomic E-state index is 12.6. The number of fused-ring (bicyclic) bond motifs is 1. The summed E-state index contributed by atoms with van der Waals surface area (Å²) < 4.78 is 37.8. The van der Waals surface area contributed by atoms with E-state index in [1.165, 1.54) is 12.1 Å². The minimum absolute atomic E-state index is 0.0773. The van der Waals surface area contributed by atoms with E-state index in [4.69, 9.17) is 0 Å². The van der Waals surface area contributed by atoms with E-state index in [9.17, 15) is 22.8 Å². The van der Waals surface area contributed by atoms with Gasteiger partial charge in [-0.25, -0.2) is 4.98 Å². The van der Waals surface area contributed by atoms with E-state index in [1.807, 2.05) is 24.3 Å². The second-order valence-corrected chi connectivity index (χ2v) is 8.15. The molecule has 1 saturated carbocycles. The average Bonchev–Trinajstić information content (AvgIpc) is 3.37. The SMILES string of the molecule is C[C@H](NC(=O)C[C@@H]1C[C@@H]1c1nc2ccccc2[nH]1)C(=O)NCc1ccc(C(F)(F)F)cc1. The highest BCUT2D eigenvalue weighted by Gasteiger charge is 2.42. The molecule has 0 spiro atoms. The first-order valence-corrected chi connectivity index (χ1v) is 10.4. The molecule has 2 aromatic carbocycles. The van der Waals surface area contributed by atoms with Gasteiger partial charge in [0.1, 0.15) is 11.9 Å². The van der Waals surface area contributed by atoms with Crippen LogP contribution in [-0.2, 0) is 22.3 Å². The highest BCUT2D eigenvalue weighted by atomic mass is 19.4. The van der Waals surface area contributed by atoms with Crippen molar-refractivity contribution in [3.05, 3.63) is 65.5 Å². The zero-order valence-electron chi connectivity index (χ0n) is 17.4. The van der Waals surface area contributed by atoms with Crippen LogP contribution in [-0.4, -0.2) is 27.8 Å². The Bertz CT molecular complexity index is 1090. The third-order valence-electron chi connectivity index (χ3n) is 5.65. The fourth-order valence-electron chi connectivity index (χ4n) is 3.71. The van der Waals surface area contributed by atoms with Crippen molar-refractivity contribution < 1.29 is 22.8 Å². The Balaban J connectivity index is 1.22. The van der Waals surface area contributed by atoms with Crippen molar-refractivity contribution in [3.8, 4) is 0 Å². The molecule has 0 radical (unpaired) electrons. The lowest BCUT2D eigenvalue weighted by Gasteiger charge is -2.14. The van der Waals surface area contributed by atoms with Crippen molar-refractivity contribution in [2.75, 3.05) is 0 Å². The summed E-state index contributed by atoms with van der Waals surface area (Å²) in [7, 11) is 0. The number of aromatic nitrogens is 2. The van der Waals surface area contributed by atoms with Crippen molar-refractivity contribution in [2.45, 2.75) is 44.4 Å². The third kappa shape index (κ3) is 5.09. The second kappa shape index (κ2) is 8.64. The molecule has 3 atom stereocenters. The first-order chi connectivity index (χ1) is 15.2. The highest BCUT2D eigenvalue weighted by molar-refractivity contribution is 5.87. The average molecular weight is 444 g/mol. The zero-order chi connectivity index (χ0) is 22.9. The number of hydrogen-bond acceptors (Lipinski definition) is 3. The molecule has 0 saturated heterocycles. The summed E-state index contributed by atoms with van der Waals surface area (Å²) in [6, 6.07) is 11.6. The number of alkyl halides is 3. The summed E-state index contributed by atoms with van der Waals surface area (Å²) >= 11 is 0. The smallest absolute Gasteiger partial charge is 0.350 e. The fourth-order valence-corrected chi connectivity index (χ4v) is 3.71. The molecule has 1 aliphatic rings. The molecule has 168 valence electrons. The minimum Gasteiger partial charge on any atom is -0.350 e. The van der Waals surface area contributed by atoms with Crippen LogP contribution in [0.15, 0.2) is 48.5 Å². The molecule has 0 aliphatic heterocycles. The molecule has 0 bridgehead atoms. The molecule has 2 amide bonds. The lowest BCUT2D eigenvalue weighted by Crippen LogP contribution is -2.44. The minimum atomic E-state index is -4.40. The van der Waals surface area contributed by atoms with Gasteiger partial charge in [0, 0.05) is 18.9 Å². The van der Waals surface area contributed by atoms with Crippen molar-refractivity contribution in [2.24, 2.45) is 5.92 Å². The van der Waals surface area contributed by atoms with Crippen molar-refractivity contribution in [3.63, 3.8) is 0 Å². The Hall–Kier alpha value is -3.36. The number of carbonyl (C=O) groups excluding carboxylic acids is 2. The van der Waals surface area contributed by atoms with E-state index in [2.05, 4.69) is 20.6 Å². The van der Waals surface area contributed by atoms with E-state index in [1.54, 1.807) is 6.92 Å². The predicted molar refractivity (Wildman–Crippen MR) is 112 cm³/mol. The number of carbonyl (C=O) groups is 2. The molecule has 3 N–H and O–H groups in total. The summed E-state index contributed by atoms with van der Waals surface area (Å²) in [5.41, 5.74) is 1.66. The topological polar surface area (TPSA) is 86.9 Å². The summed E-state index contributed by atoms with van der Waals surface area (Å²) in [6.45, 7) is 1.65. The maximum Gasteiger partial charge on any atom is 0.416 e. The summed E-state index contributed by atoms with van der Waals surface area (Å²) in [5, 5.41) is 5.32. The molecular formula is C23H23F3N4O2. The fraction of sp³-hybridized carbons (Fsp3) is 0.348. The number of amides is 2. The first-order valence-electron chi connectivity index (χ1n) is 10.4. The number of imidazole rings is 1. The molecule has 1 aliphatic carbocycles. The number of benzene rings is 2. The molecule has 1 fully saturated rings. The van der Waals surface area contributed by atoms with Gasteiger partial charge in [-0.1, -0.05) is 24.3 Å². The Morgan fingerprint density at radius 2 is 1.88 bits per heavy atom. The lowest BCUT2D eigenvalue weighted by molar-refractivity contribution is -0.137. The van der Waals surface area contributed by atoms with Gasteiger partial charge in [0.05, 0.1) is 16.6 Å². The normalized spacial score (nSPS) is 18.9. The number of nitrogens with one attached hydrogen (secondary N) is 3. The Morgan fingerprint density at radius 3 is 2.56 bits per heavy atom. The van der Waals surface area contributed by atoms with E-state index in [-0.39, 0.29) is 24.3 Å². The van der Waals surface area contributed by atoms with Gasteiger partial charge in [-0.15, -0.1) is 0 Å². The van der Waals surface area contributed by atoms with Crippen LogP contribution >= 0.6 is 0 Å². The highest BCUT2D eigenvalue weighted by Crippen LogP contribution is 2.48. The zero-order valence-corrected chi connectivity index (χ0v) is 17.4. The van der Waals surface area contributed by atoms with Gasteiger partial charge in [0.2, 0.25) is 11.8 Å². The summed E-state index contributed by atoms with van der Waals surface area (Å²) in [5.74, 6) is 0.648. The first kappa shape index (κ1) is 21.9. The molecule has 1 heterocycles. The number of rotatable bonds is 7. The number of hydrogen-bond donors (Lipinski definition) is 3. The number of nitrogens with zero attached hydrogens (tertiary/aromatic N) is 1. The molecule has 4 rings (SSSR count). The monoisotopic (exact) mass is 444 g/mol. The van der Waals surface area contributed by atoms with Crippen LogP contribution in [0, 0.1) is 5.92 Å². The predicted octanol–water partition coefficient (Wildman–Crippen LogP) is 3.90. The van der Waals surface area contributed by atoms with E-state index < -0.39 is 23.7 Å². The van der Waals surface area contributed by atoms with Crippen LogP contribution in [0.4, 0.5) is 13.2 Å². The van der Waals surface area contributed by atoms with Crippen LogP contribution in [0.2, 0.25) is 0 Å². The van der Waals surface area contributed by atoms with Crippen LogP contribution < -0.4 is 10.6 Å². The van der Waals surface area contributed by atoms with Crippen LogP contribution in [0.5, 0.6) is 0 Å². The van der Waals surface area contributed by atoms with Crippen LogP contribution in [0.3, 0.4) is 0 Å². The largest absolute Gasteiger partial charge is 0.416 e. The molecule has 3 aromatic rings. The summed E-state index contributed by atoms with van der Waals surface area (Å²) in [6.07, 6.45) is -3.23. The van der Waals surface area contributed by atoms with Gasteiger partial charge >= 0.3 is 6.18 Å². The molecule has 9 heteroatoms. The van der Waals surface area contributed by atoms with Crippen LogP contribution in [0.1, 0.15) is 42.6 Å². The van der Waals surface area contributed by atoms with Crippen molar-refractivity contribution in [1.82, 2.24) is 20.6 Å². The number of halogens is 3. The van der Waals surface area contributed by atoms with E-state index >= 15 is 0 Å². The lowest BCUT2D eigenvalue weighted by atomic mass is 10.1. The number of para-hydroxylation sites is 2. The Labute approximate surface area is 182 Å². The third-order valence-corrected chi connectivity index (χ3v) is 5.65. The van der Waals surface area contributed by atoms with Crippen LogP contribution in [0.25, 0.3) is 11.0 Å². The molecular weight excluding hydrogens is 421 g/mol. The van der Waals surface area contributed by atoms with Crippen molar-refractivity contribution in [1.29, 1.82) is 0 Å². The number of aromatic amines is 1. The Kier molecular flexibility index (Phi) is 5.90. The molecule has 1 aromatic heterocycles. The summed E-state index contributed by atoms with van der Waals surface area (Å²) in [4.78, 5) is 32.5. The molecule has 0 unspecified atom stereocenters. The van der Waals surface area contributed by atoms with Gasteiger partial charge in [-0.2, -0.15) is 13.2 Å². The van der Waals surface area contributed by atoms with Crippen molar-refractivity contribution >= 4 is 22.8 Å². The molecule has 32 heavy (non-hydrogen) atoms. The Morgan fingerprint density at radius 1 is 1.16 bits per heavy atom. The maximum atomic E-state index is 12.6. The quantitative estimate of drug-likeness (QED) is 0.517. The van der Waals surface area contributed by atoms with Gasteiger partial charge in [0.15, 0.2) is 0 Å². The van der Waals surface area contributed by atoms with Gasteiger partial charge < -0.3 is 15.6 Å². The van der Waals surface area contributed by atoms with Gasteiger partial charge in [-0.05, 0) is 49.1 Å². The number of H-pyrrole nitrogens is 1. The van der Waals surface area contributed by atoms with E-state index in [0.29, 0.717) is 12.0 Å².